The molecule has 11 heteroatoms. The highest BCUT2D eigenvalue weighted by Gasteiger charge is 2.17. The molecule has 0 amide bonds. The number of aromatic nitrogens is 2. The van der Waals surface area contributed by atoms with Gasteiger partial charge in [-0.1, -0.05) is 6.08 Å². The van der Waals surface area contributed by atoms with E-state index in [0.29, 0.717) is 29.9 Å². The number of primary sulfonamides is 1. The summed E-state index contributed by atoms with van der Waals surface area (Å²) in [4.78, 5) is 8.12. The Morgan fingerprint density at radius 2 is 2.16 bits per heavy atom. The van der Waals surface area contributed by atoms with Gasteiger partial charge in [0.25, 0.3) is 0 Å². The topological polar surface area (TPSA) is 146 Å². The molecule has 4 rings (SSSR count). The molecule has 0 unspecified atom stereocenters. The highest BCUT2D eigenvalue weighted by atomic mass is 32.2. The predicted molar refractivity (Wildman–Crippen MR) is 120 cm³/mol. The zero-order valence-corrected chi connectivity index (χ0v) is 17.4. The summed E-state index contributed by atoms with van der Waals surface area (Å²) in [5.74, 6) is -0.570. The Balaban J connectivity index is 1.56. The second-order valence-corrected chi connectivity index (χ2v) is 8.45. The van der Waals surface area contributed by atoms with E-state index >= 15 is 0 Å². The van der Waals surface area contributed by atoms with Crippen LogP contribution in [0, 0.1) is 17.1 Å². The van der Waals surface area contributed by atoms with Crippen LogP contribution in [0.2, 0.25) is 0 Å². The molecule has 0 bridgehead atoms. The van der Waals surface area contributed by atoms with Gasteiger partial charge in [0.1, 0.15) is 0 Å². The van der Waals surface area contributed by atoms with Crippen molar-refractivity contribution in [3.8, 4) is 6.07 Å². The minimum absolute atomic E-state index is 0.0418. The number of anilines is 4. The average molecular weight is 451 g/mol. The number of allylic oxidation sites excluding steroid dienone is 5. The zero-order valence-electron chi connectivity index (χ0n) is 16.6. The smallest absolute Gasteiger partial charge is 0.231 e. The Morgan fingerprint density at radius 1 is 1.31 bits per heavy atom. The van der Waals surface area contributed by atoms with Crippen molar-refractivity contribution in [3.63, 3.8) is 0 Å². The van der Waals surface area contributed by atoms with Gasteiger partial charge in [-0.3, -0.25) is 0 Å². The highest BCUT2D eigenvalue weighted by Crippen LogP contribution is 2.33. The van der Waals surface area contributed by atoms with Crippen LogP contribution < -0.4 is 21.1 Å². The van der Waals surface area contributed by atoms with E-state index in [9.17, 15) is 12.8 Å². The van der Waals surface area contributed by atoms with Crippen LogP contribution in [0.5, 0.6) is 0 Å². The van der Waals surface area contributed by atoms with Crippen LogP contribution in [0.3, 0.4) is 0 Å². The Labute approximate surface area is 183 Å². The van der Waals surface area contributed by atoms with Crippen molar-refractivity contribution in [2.75, 3.05) is 22.5 Å². The van der Waals surface area contributed by atoms with Crippen LogP contribution in [-0.4, -0.2) is 24.9 Å². The normalized spacial score (nSPS) is 17.5. The fourth-order valence-corrected chi connectivity index (χ4v) is 3.90. The number of rotatable bonds is 5. The van der Waals surface area contributed by atoms with Gasteiger partial charge in [0, 0.05) is 40.7 Å². The van der Waals surface area contributed by atoms with Crippen LogP contribution >= 0.6 is 0 Å². The molecule has 2 aliphatic rings. The molecule has 0 radical (unpaired) electrons. The van der Waals surface area contributed by atoms with Crippen molar-refractivity contribution in [1.82, 2.24) is 9.97 Å². The number of nitrogens with zero attached hydrogens (tertiary/aromatic N) is 3. The van der Waals surface area contributed by atoms with E-state index in [0.717, 1.165) is 28.4 Å². The largest absolute Gasteiger partial charge is 0.380 e. The van der Waals surface area contributed by atoms with Gasteiger partial charge in [-0.25, -0.2) is 22.9 Å². The SMILES string of the molecule is N#C/C=C1/CNc2ccc(Nc3nc(NC4=C/C(=C/S(N)(=O)=O)CC=C4)ncc3F)cc21. The number of sulfonamides is 1. The van der Waals surface area contributed by atoms with E-state index in [4.69, 9.17) is 10.4 Å². The van der Waals surface area contributed by atoms with Crippen LogP contribution in [0.4, 0.5) is 27.5 Å². The van der Waals surface area contributed by atoms with Crippen molar-refractivity contribution in [1.29, 1.82) is 5.26 Å². The third kappa shape index (κ3) is 5.00. The lowest BCUT2D eigenvalue weighted by Crippen LogP contribution is -2.10. The number of nitriles is 1. The molecule has 0 saturated carbocycles. The average Bonchev–Trinajstić information content (AvgIpc) is 3.12. The third-order valence-electron chi connectivity index (χ3n) is 4.64. The zero-order chi connectivity index (χ0) is 22.7. The van der Waals surface area contributed by atoms with Gasteiger partial charge in [-0.15, -0.1) is 0 Å². The summed E-state index contributed by atoms with van der Waals surface area (Å²) in [6.45, 7) is 0.548. The molecular formula is C21H18FN7O2S. The van der Waals surface area contributed by atoms with Gasteiger partial charge in [0.15, 0.2) is 11.6 Å². The second kappa shape index (κ2) is 8.62. The first-order valence-corrected chi connectivity index (χ1v) is 11.1. The first kappa shape index (κ1) is 21.2. The Bertz CT molecular complexity index is 1350. The van der Waals surface area contributed by atoms with Crippen molar-refractivity contribution in [2.45, 2.75) is 6.42 Å². The van der Waals surface area contributed by atoms with Gasteiger partial charge >= 0.3 is 0 Å². The maximum atomic E-state index is 14.4. The van der Waals surface area contributed by atoms with Gasteiger partial charge in [0.2, 0.25) is 16.0 Å². The Kier molecular flexibility index (Phi) is 5.72. The first-order chi connectivity index (χ1) is 15.3. The van der Waals surface area contributed by atoms with Crippen LogP contribution in [-0.2, 0) is 10.0 Å². The first-order valence-electron chi connectivity index (χ1n) is 9.46. The molecule has 1 aliphatic carbocycles. The molecule has 0 spiro atoms. The summed E-state index contributed by atoms with van der Waals surface area (Å²) < 4.78 is 36.9. The maximum absolute atomic E-state index is 14.4. The minimum Gasteiger partial charge on any atom is -0.380 e. The third-order valence-corrected chi connectivity index (χ3v) is 5.28. The number of hydrogen-bond donors (Lipinski definition) is 4. The summed E-state index contributed by atoms with van der Waals surface area (Å²) in [6.07, 6.45) is 8.00. The van der Waals surface area contributed by atoms with Crippen molar-refractivity contribution >= 4 is 38.7 Å². The number of hydrogen-bond acceptors (Lipinski definition) is 8. The molecule has 0 saturated heterocycles. The monoisotopic (exact) mass is 451 g/mol. The molecular weight excluding hydrogens is 433 g/mol. The fourth-order valence-electron chi connectivity index (χ4n) is 3.31. The van der Waals surface area contributed by atoms with E-state index in [2.05, 4.69) is 25.9 Å². The van der Waals surface area contributed by atoms with Crippen molar-refractivity contribution in [3.05, 3.63) is 76.8 Å². The van der Waals surface area contributed by atoms with Crippen molar-refractivity contribution < 1.29 is 12.8 Å². The molecule has 1 aromatic carbocycles. The summed E-state index contributed by atoms with van der Waals surface area (Å²) in [5, 5.41) is 24.0. The Hall–Kier alpha value is -4.01. The molecule has 1 aromatic heterocycles. The van der Waals surface area contributed by atoms with E-state index in [1.165, 1.54) is 6.08 Å². The lowest BCUT2D eigenvalue weighted by Gasteiger charge is -2.13. The lowest BCUT2D eigenvalue weighted by molar-refractivity contribution is 0.606. The summed E-state index contributed by atoms with van der Waals surface area (Å²) in [7, 11) is -3.76. The maximum Gasteiger partial charge on any atom is 0.231 e. The lowest BCUT2D eigenvalue weighted by atomic mass is 10.1. The number of benzene rings is 1. The molecule has 32 heavy (non-hydrogen) atoms. The summed E-state index contributed by atoms with van der Waals surface area (Å²) in [6, 6.07) is 7.44. The second-order valence-electron chi connectivity index (χ2n) is 7.04. The minimum atomic E-state index is -3.76. The number of fused-ring (bicyclic) bond motifs is 1. The molecule has 0 atom stereocenters. The van der Waals surface area contributed by atoms with Gasteiger partial charge in [0.05, 0.1) is 12.3 Å². The van der Waals surface area contributed by atoms with Crippen LogP contribution in [0.15, 0.2) is 65.4 Å². The van der Waals surface area contributed by atoms with E-state index in [-0.39, 0.29) is 11.8 Å². The van der Waals surface area contributed by atoms with Gasteiger partial charge < -0.3 is 16.0 Å². The molecule has 2 aromatic rings. The molecule has 0 fully saturated rings. The van der Waals surface area contributed by atoms with Crippen molar-refractivity contribution in [2.24, 2.45) is 5.14 Å². The van der Waals surface area contributed by atoms with Gasteiger partial charge in [-0.05, 0) is 47.9 Å². The van der Waals surface area contributed by atoms with E-state index < -0.39 is 15.8 Å². The molecule has 5 N–H and O–H groups in total. The van der Waals surface area contributed by atoms with Crippen LogP contribution in [0.25, 0.3) is 5.57 Å². The van der Waals surface area contributed by atoms with E-state index in [1.807, 2.05) is 18.2 Å². The molecule has 9 nitrogen and oxygen atoms in total. The molecule has 162 valence electrons. The highest BCUT2D eigenvalue weighted by molar-refractivity contribution is 7.92. The molecule has 1 aliphatic heterocycles. The van der Waals surface area contributed by atoms with E-state index in [1.54, 1.807) is 24.3 Å². The number of nitrogens with two attached hydrogens (primary N) is 1. The standard InChI is InChI=1S/C21H18FN7O2S/c22-18-11-26-21(28-15-3-1-2-13(8-15)12-32(24,30)31)29-20(18)27-16-4-5-19-17(9-16)14(6-7-23)10-25-19/h1,3-6,8-9,11-12,25H,2,10H2,(H2,24,30,31)(H2,26,27,28,29)/b13-12+,14-6-. The summed E-state index contributed by atoms with van der Waals surface area (Å²) >= 11 is 0. The van der Waals surface area contributed by atoms with Gasteiger partial charge in [-0.2, -0.15) is 10.2 Å². The summed E-state index contributed by atoms with van der Waals surface area (Å²) in [5.41, 5.74) is 4.20. The fraction of sp³-hybridized carbons (Fsp3) is 0.0952. The van der Waals surface area contributed by atoms with Crippen LogP contribution in [0.1, 0.15) is 12.0 Å². The Morgan fingerprint density at radius 3 is 2.94 bits per heavy atom. The predicted octanol–water partition coefficient (Wildman–Crippen LogP) is 3.12. The quantitative estimate of drug-likeness (QED) is 0.507. The molecule has 2 heterocycles. The number of halogens is 1. The number of nitrogens with one attached hydrogen (secondary N) is 3.